The standard InChI is InChI=1S/C11H10Cl2N2O/c12-7-11-14-10(15-16-11)5-4-8-2-1-3-9(13)6-8/h1-3,6H,4-5,7H2. The summed E-state index contributed by atoms with van der Waals surface area (Å²) in [5.74, 6) is 1.39. The molecule has 0 unspecified atom stereocenters. The molecule has 0 fully saturated rings. The summed E-state index contributed by atoms with van der Waals surface area (Å²) in [6.45, 7) is 0. The SMILES string of the molecule is ClCc1nc(CCc2cccc(Cl)c2)no1. The largest absolute Gasteiger partial charge is 0.338 e. The van der Waals surface area contributed by atoms with Crippen LogP contribution in [0.4, 0.5) is 0 Å². The zero-order valence-electron chi connectivity index (χ0n) is 8.49. The molecule has 1 aromatic carbocycles. The molecule has 0 bridgehead atoms. The van der Waals surface area contributed by atoms with Crippen LogP contribution in [0.3, 0.4) is 0 Å². The Balaban J connectivity index is 1.96. The maximum Gasteiger partial charge on any atom is 0.241 e. The molecule has 0 aliphatic rings. The molecule has 0 aliphatic carbocycles. The van der Waals surface area contributed by atoms with Crippen LogP contribution in [0, 0.1) is 0 Å². The van der Waals surface area contributed by atoms with E-state index in [9.17, 15) is 0 Å². The molecule has 0 saturated carbocycles. The van der Waals surface area contributed by atoms with Gasteiger partial charge < -0.3 is 4.52 Å². The number of benzene rings is 1. The van der Waals surface area contributed by atoms with Crippen LogP contribution >= 0.6 is 23.2 Å². The van der Waals surface area contributed by atoms with Gasteiger partial charge in [-0.2, -0.15) is 4.98 Å². The van der Waals surface area contributed by atoms with Gasteiger partial charge in [0.05, 0.1) is 0 Å². The van der Waals surface area contributed by atoms with E-state index in [2.05, 4.69) is 10.1 Å². The minimum absolute atomic E-state index is 0.254. The third-order valence-corrected chi connectivity index (χ3v) is 2.61. The molecule has 16 heavy (non-hydrogen) atoms. The van der Waals surface area contributed by atoms with Gasteiger partial charge >= 0.3 is 0 Å². The lowest BCUT2D eigenvalue weighted by molar-refractivity contribution is 0.384. The Bertz CT molecular complexity index is 471. The molecule has 2 aromatic rings. The third kappa shape index (κ3) is 2.97. The first-order valence-corrected chi connectivity index (χ1v) is 5.81. The first-order chi connectivity index (χ1) is 7.78. The van der Waals surface area contributed by atoms with Gasteiger partial charge in [0.15, 0.2) is 5.82 Å². The second kappa shape index (κ2) is 5.32. The smallest absolute Gasteiger partial charge is 0.241 e. The molecular weight excluding hydrogens is 247 g/mol. The fourth-order valence-corrected chi connectivity index (χ4v) is 1.72. The van der Waals surface area contributed by atoms with Crippen molar-refractivity contribution in [1.29, 1.82) is 0 Å². The van der Waals surface area contributed by atoms with Crippen LogP contribution in [0.25, 0.3) is 0 Å². The van der Waals surface area contributed by atoms with E-state index in [1.165, 1.54) is 0 Å². The van der Waals surface area contributed by atoms with Gasteiger partial charge in [0.1, 0.15) is 5.88 Å². The zero-order chi connectivity index (χ0) is 11.4. The average molecular weight is 257 g/mol. The Kier molecular flexibility index (Phi) is 3.80. The van der Waals surface area contributed by atoms with Crippen LogP contribution in [-0.4, -0.2) is 10.1 Å². The second-order valence-corrected chi connectivity index (χ2v) is 4.07. The van der Waals surface area contributed by atoms with Crippen molar-refractivity contribution < 1.29 is 4.52 Å². The minimum atomic E-state index is 0.254. The number of rotatable bonds is 4. The third-order valence-electron chi connectivity index (χ3n) is 2.15. The first kappa shape index (κ1) is 11.4. The normalized spacial score (nSPS) is 10.6. The van der Waals surface area contributed by atoms with E-state index in [0.29, 0.717) is 11.7 Å². The van der Waals surface area contributed by atoms with E-state index in [-0.39, 0.29) is 5.88 Å². The van der Waals surface area contributed by atoms with Crippen molar-refractivity contribution in [1.82, 2.24) is 10.1 Å². The van der Waals surface area contributed by atoms with E-state index in [0.717, 1.165) is 23.4 Å². The molecule has 0 N–H and O–H groups in total. The Morgan fingerprint density at radius 1 is 1.25 bits per heavy atom. The lowest BCUT2D eigenvalue weighted by atomic mass is 10.1. The van der Waals surface area contributed by atoms with Gasteiger partial charge in [-0.1, -0.05) is 28.9 Å². The van der Waals surface area contributed by atoms with Crippen LogP contribution in [0.15, 0.2) is 28.8 Å². The molecule has 1 heterocycles. The highest BCUT2D eigenvalue weighted by Gasteiger charge is 2.05. The van der Waals surface area contributed by atoms with Crippen molar-refractivity contribution in [2.45, 2.75) is 18.7 Å². The van der Waals surface area contributed by atoms with E-state index in [1.807, 2.05) is 24.3 Å². The van der Waals surface area contributed by atoms with Crippen molar-refractivity contribution in [3.63, 3.8) is 0 Å². The van der Waals surface area contributed by atoms with Crippen molar-refractivity contribution in [2.75, 3.05) is 0 Å². The summed E-state index contributed by atoms with van der Waals surface area (Å²) >= 11 is 11.5. The Labute approximate surface area is 103 Å². The fraction of sp³-hybridized carbons (Fsp3) is 0.273. The average Bonchev–Trinajstić information content (AvgIpc) is 2.74. The van der Waals surface area contributed by atoms with Crippen molar-refractivity contribution in [2.24, 2.45) is 0 Å². The molecule has 0 saturated heterocycles. The number of nitrogens with zero attached hydrogens (tertiary/aromatic N) is 2. The number of hydrogen-bond donors (Lipinski definition) is 0. The van der Waals surface area contributed by atoms with Crippen LogP contribution in [0.1, 0.15) is 17.3 Å². The van der Waals surface area contributed by atoms with Gasteiger partial charge in [-0.3, -0.25) is 0 Å². The number of alkyl halides is 1. The van der Waals surface area contributed by atoms with Gasteiger partial charge in [-0.25, -0.2) is 0 Å². The molecule has 0 aliphatic heterocycles. The predicted molar refractivity (Wildman–Crippen MR) is 62.7 cm³/mol. The highest BCUT2D eigenvalue weighted by molar-refractivity contribution is 6.30. The summed E-state index contributed by atoms with van der Waals surface area (Å²) in [6, 6.07) is 7.74. The van der Waals surface area contributed by atoms with Crippen molar-refractivity contribution in [3.05, 3.63) is 46.6 Å². The summed E-state index contributed by atoms with van der Waals surface area (Å²) in [7, 11) is 0. The summed E-state index contributed by atoms with van der Waals surface area (Å²) in [5, 5.41) is 4.56. The summed E-state index contributed by atoms with van der Waals surface area (Å²) in [5.41, 5.74) is 1.16. The molecule has 84 valence electrons. The molecular formula is C11H10Cl2N2O. The highest BCUT2D eigenvalue weighted by Crippen LogP contribution is 2.12. The van der Waals surface area contributed by atoms with Crippen LogP contribution < -0.4 is 0 Å². The predicted octanol–water partition coefficient (Wildman–Crippen LogP) is 3.25. The Hall–Kier alpha value is -1.06. The van der Waals surface area contributed by atoms with Gasteiger partial charge in [0.25, 0.3) is 0 Å². The lowest BCUT2D eigenvalue weighted by Crippen LogP contribution is -1.93. The van der Waals surface area contributed by atoms with E-state index < -0.39 is 0 Å². The zero-order valence-corrected chi connectivity index (χ0v) is 10.0. The number of aryl methyl sites for hydroxylation is 2. The van der Waals surface area contributed by atoms with E-state index in [1.54, 1.807) is 0 Å². The van der Waals surface area contributed by atoms with E-state index in [4.69, 9.17) is 27.7 Å². The number of halogens is 2. The van der Waals surface area contributed by atoms with Gasteiger partial charge in [-0.05, 0) is 24.1 Å². The second-order valence-electron chi connectivity index (χ2n) is 3.37. The fourth-order valence-electron chi connectivity index (χ4n) is 1.39. The molecule has 2 rings (SSSR count). The summed E-state index contributed by atoms with van der Waals surface area (Å²) in [6.07, 6.45) is 1.56. The van der Waals surface area contributed by atoms with E-state index >= 15 is 0 Å². The quantitative estimate of drug-likeness (QED) is 0.789. The van der Waals surface area contributed by atoms with Crippen molar-refractivity contribution in [3.8, 4) is 0 Å². The highest BCUT2D eigenvalue weighted by atomic mass is 35.5. The van der Waals surface area contributed by atoms with Crippen LogP contribution in [-0.2, 0) is 18.7 Å². The molecule has 0 radical (unpaired) electrons. The number of hydrogen-bond acceptors (Lipinski definition) is 3. The van der Waals surface area contributed by atoms with Gasteiger partial charge in [0.2, 0.25) is 5.89 Å². The monoisotopic (exact) mass is 256 g/mol. The molecule has 5 heteroatoms. The maximum atomic E-state index is 5.89. The Morgan fingerprint density at radius 2 is 2.12 bits per heavy atom. The minimum Gasteiger partial charge on any atom is -0.338 e. The van der Waals surface area contributed by atoms with Crippen LogP contribution in [0.2, 0.25) is 5.02 Å². The summed E-state index contributed by atoms with van der Waals surface area (Å²) in [4.78, 5) is 4.12. The topological polar surface area (TPSA) is 38.9 Å². The molecule has 0 spiro atoms. The molecule has 0 atom stereocenters. The molecule has 0 amide bonds. The maximum absolute atomic E-state index is 5.89. The molecule has 3 nitrogen and oxygen atoms in total. The van der Waals surface area contributed by atoms with Gasteiger partial charge in [0, 0.05) is 11.4 Å². The van der Waals surface area contributed by atoms with Crippen molar-refractivity contribution >= 4 is 23.2 Å². The van der Waals surface area contributed by atoms with Gasteiger partial charge in [-0.15, -0.1) is 11.6 Å². The number of aromatic nitrogens is 2. The first-order valence-electron chi connectivity index (χ1n) is 4.90. The Morgan fingerprint density at radius 3 is 2.81 bits per heavy atom. The van der Waals surface area contributed by atoms with Crippen LogP contribution in [0.5, 0.6) is 0 Å². The molecule has 1 aromatic heterocycles. The lowest BCUT2D eigenvalue weighted by Gasteiger charge is -1.98. The summed E-state index contributed by atoms with van der Waals surface area (Å²) < 4.78 is 4.91.